The maximum atomic E-state index is 14.8. The van der Waals surface area contributed by atoms with Gasteiger partial charge in [0.25, 0.3) is 5.91 Å². The van der Waals surface area contributed by atoms with Gasteiger partial charge < -0.3 is 24.5 Å². The number of fused-ring (bicyclic) bond motifs is 2. The number of carboxylic acid groups (broad SMARTS) is 1. The number of hydrogen-bond donors (Lipinski definition) is 1. The second kappa shape index (κ2) is 8.37. The SMILES string of the molecule is CC1(C)CC(=O)CN1c1nc(-c2ccccc2F)c(Cl)c2c1C(=O)N1CCN(C(=O)O)C[C@@H]1CO2. The highest BCUT2D eigenvalue weighted by Gasteiger charge is 2.45. The van der Waals surface area contributed by atoms with Gasteiger partial charge in [-0.2, -0.15) is 0 Å². The lowest BCUT2D eigenvalue weighted by Crippen LogP contribution is -2.57. The average molecular weight is 503 g/mol. The molecule has 3 aliphatic rings. The molecule has 2 fully saturated rings. The van der Waals surface area contributed by atoms with Crippen molar-refractivity contribution in [2.75, 3.05) is 37.7 Å². The number of pyridine rings is 1. The fourth-order valence-corrected chi connectivity index (χ4v) is 5.33. The largest absolute Gasteiger partial charge is 0.489 e. The van der Waals surface area contributed by atoms with Gasteiger partial charge in [0.1, 0.15) is 28.8 Å². The molecule has 0 radical (unpaired) electrons. The maximum Gasteiger partial charge on any atom is 0.407 e. The summed E-state index contributed by atoms with van der Waals surface area (Å²) in [5, 5.41) is 9.40. The van der Waals surface area contributed by atoms with E-state index in [2.05, 4.69) is 4.98 Å². The number of Topliss-reactive ketones (excluding diaryl/α,β-unsaturated/α-hetero) is 1. The Kier molecular flexibility index (Phi) is 5.58. The normalized spacial score (nSPS) is 21.4. The Hall–Kier alpha value is -3.40. The first-order chi connectivity index (χ1) is 16.6. The summed E-state index contributed by atoms with van der Waals surface area (Å²) >= 11 is 6.71. The molecule has 5 rings (SSSR count). The molecule has 0 saturated carbocycles. The van der Waals surface area contributed by atoms with Crippen LogP contribution < -0.4 is 9.64 Å². The molecule has 0 aliphatic carbocycles. The Labute approximate surface area is 206 Å². The van der Waals surface area contributed by atoms with Gasteiger partial charge in [-0.1, -0.05) is 23.7 Å². The van der Waals surface area contributed by atoms with Crippen molar-refractivity contribution in [3.05, 3.63) is 40.7 Å². The number of amides is 2. The standard InChI is InChI=1S/C24H24ClFN4O5/c1-24(2)9-14(31)11-30(24)21-17-20(18(25)19(27-21)15-5-3-4-6-16(15)26)35-12-13-10-28(23(33)34)7-8-29(13)22(17)32/h3-6,13H,7-12H2,1-2H3,(H,33,34)/t13-/m1/s1. The van der Waals surface area contributed by atoms with Crippen LogP contribution in [0, 0.1) is 5.82 Å². The van der Waals surface area contributed by atoms with Gasteiger partial charge in [-0.15, -0.1) is 0 Å². The van der Waals surface area contributed by atoms with Gasteiger partial charge in [0, 0.05) is 37.2 Å². The first-order valence-electron chi connectivity index (χ1n) is 11.3. The molecule has 0 unspecified atom stereocenters. The van der Waals surface area contributed by atoms with Gasteiger partial charge in [-0.05, 0) is 26.0 Å². The lowest BCUT2D eigenvalue weighted by atomic mass is 10.0. The lowest BCUT2D eigenvalue weighted by Gasteiger charge is -2.39. The Bertz CT molecular complexity index is 1250. The lowest BCUT2D eigenvalue weighted by molar-refractivity contribution is -0.116. The molecule has 4 heterocycles. The number of benzene rings is 1. The quantitative estimate of drug-likeness (QED) is 0.672. The molecular formula is C24H24ClFN4O5. The van der Waals surface area contributed by atoms with Gasteiger partial charge in [0.2, 0.25) is 0 Å². The number of anilines is 1. The summed E-state index contributed by atoms with van der Waals surface area (Å²) in [4.78, 5) is 47.0. The number of ether oxygens (including phenoxy) is 1. The van der Waals surface area contributed by atoms with Crippen LogP contribution in [0.5, 0.6) is 5.75 Å². The number of rotatable bonds is 2. The van der Waals surface area contributed by atoms with E-state index < -0.39 is 29.4 Å². The predicted molar refractivity (Wildman–Crippen MR) is 126 cm³/mol. The summed E-state index contributed by atoms with van der Waals surface area (Å²) in [6, 6.07) is 5.49. The van der Waals surface area contributed by atoms with Crippen molar-refractivity contribution in [2.24, 2.45) is 0 Å². The fourth-order valence-electron chi connectivity index (χ4n) is 5.03. The summed E-state index contributed by atoms with van der Waals surface area (Å²) in [5.41, 5.74) is -0.302. The van der Waals surface area contributed by atoms with E-state index in [1.165, 1.54) is 17.0 Å². The summed E-state index contributed by atoms with van der Waals surface area (Å²) in [5.74, 6) is -0.703. The molecule has 1 atom stereocenters. The van der Waals surface area contributed by atoms with Crippen LogP contribution in [0.4, 0.5) is 15.0 Å². The van der Waals surface area contributed by atoms with E-state index in [9.17, 15) is 23.9 Å². The van der Waals surface area contributed by atoms with E-state index >= 15 is 0 Å². The highest BCUT2D eigenvalue weighted by molar-refractivity contribution is 6.35. The highest BCUT2D eigenvalue weighted by Crippen LogP contribution is 2.46. The third kappa shape index (κ3) is 3.85. The summed E-state index contributed by atoms with van der Waals surface area (Å²) in [7, 11) is 0. The monoisotopic (exact) mass is 502 g/mol. The van der Waals surface area contributed by atoms with Gasteiger partial charge in [0.15, 0.2) is 11.5 Å². The van der Waals surface area contributed by atoms with E-state index in [0.717, 1.165) is 0 Å². The van der Waals surface area contributed by atoms with Crippen LogP contribution in [0.3, 0.4) is 0 Å². The minimum absolute atomic E-state index is 0.00469. The van der Waals surface area contributed by atoms with E-state index in [1.54, 1.807) is 21.9 Å². The molecule has 2 aromatic rings. The molecule has 11 heteroatoms. The first kappa shape index (κ1) is 23.3. The third-order valence-electron chi connectivity index (χ3n) is 6.80. The zero-order valence-electron chi connectivity index (χ0n) is 19.3. The summed E-state index contributed by atoms with van der Waals surface area (Å²) < 4.78 is 20.8. The van der Waals surface area contributed by atoms with Gasteiger partial charge >= 0.3 is 6.09 Å². The Morgan fingerprint density at radius 2 is 2.00 bits per heavy atom. The number of carbonyl (C=O) groups is 3. The molecule has 1 aromatic heterocycles. The predicted octanol–water partition coefficient (Wildman–Crippen LogP) is 3.30. The second-order valence-corrected chi connectivity index (χ2v) is 9.97. The zero-order chi connectivity index (χ0) is 25.1. The van der Waals surface area contributed by atoms with Gasteiger partial charge in [-0.25, -0.2) is 14.2 Å². The molecule has 2 amide bonds. The number of piperazine rings is 1. The van der Waals surface area contributed by atoms with Crippen molar-refractivity contribution in [3.8, 4) is 17.0 Å². The van der Waals surface area contributed by atoms with E-state index in [-0.39, 0.29) is 78.4 Å². The van der Waals surface area contributed by atoms with Crippen LogP contribution in [-0.4, -0.2) is 82.0 Å². The highest BCUT2D eigenvalue weighted by atomic mass is 35.5. The fraction of sp³-hybridized carbons (Fsp3) is 0.417. The number of nitrogens with zero attached hydrogens (tertiary/aromatic N) is 4. The van der Waals surface area contributed by atoms with Crippen LogP contribution in [0.25, 0.3) is 11.3 Å². The number of ketones is 1. The minimum Gasteiger partial charge on any atom is -0.489 e. The van der Waals surface area contributed by atoms with Crippen LogP contribution in [0.2, 0.25) is 5.02 Å². The number of hydrogen-bond acceptors (Lipinski definition) is 6. The molecule has 3 aliphatic heterocycles. The summed E-state index contributed by atoms with van der Waals surface area (Å²) in [6.45, 7) is 4.21. The van der Waals surface area contributed by atoms with Crippen molar-refractivity contribution in [1.29, 1.82) is 0 Å². The van der Waals surface area contributed by atoms with Crippen LogP contribution in [0.1, 0.15) is 30.6 Å². The Balaban J connectivity index is 1.70. The zero-order valence-corrected chi connectivity index (χ0v) is 20.0. The molecule has 184 valence electrons. The molecule has 1 aromatic carbocycles. The minimum atomic E-state index is -1.07. The Morgan fingerprint density at radius 3 is 2.66 bits per heavy atom. The van der Waals surface area contributed by atoms with Gasteiger partial charge in [0.05, 0.1) is 18.3 Å². The number of aromatic nitrogens is 1. The molecule has 9 nitrogen and oxygen atoms in total. The topological polar surface area (TPSA) is 103 Å². The van der Waals surface area contributed by atoms with Crippen LogP contribution >= 0.6 is 11.6 Å². The van der Waals surface area contributed by atoms with Crippen molar-refractivity contribution >= 4 is 35.2 Å². The average Bonchev–Trinajstić information content (AvgIpc) is 2.99. The smallest absolute Gasteiger partial charge is 0.407 e. The second-order valence-electron chi connectivity index (χ2n) is 9.59. The van der Waals surface area contributed by atoms with Crippen molar-refractivity contribution < 1.29 is 28.6 Å². The van der Waals surface area contributed by atoms with E-state index in [0.29, 0.717) is 0 Å². The number of halogens is 2. The molecule has 2 saturated heterocycles. The molecule has 0 spiro atoms. The van der Waals surface area contributed by atoms with E-state index in [1.807, 2.05) is 13.8 Å². The molecular weight excluding hydrogens is 479 g/mol. The molecule has 1 N–H and O–H groups in total. The Morgan fingerprint density at radius 1 is 1.26 bits per heavy atom. The first-order valence-corrected chi connectivity index (χ1v) is 11.7. The molecule has 35 heavy (non-hydrogen) atoms. The number of carbonyl (C=O) groups excluding carboxylic acids is 2. The summed E-state index contributed by atoms with van der Waals surface area (Å²) in [6.07, 6.45) is -0.811. The third-order valence-corrected chi connectivity index (χ3v) is 7.15. The van der Waals surface area contributed by atoms with Crippen LogP contribution in [-0.2, 0) is 4.79 Å². The van der Waals surface area contributed by atoms with Crippen molar-refractivity contribution in [1.82, 2.24) is 14.8 Å². The van der Waals surface area contributed by atoms with Gasteiger partial charge in [-0.3, -0.25) is 9.59 Å². The van der Waals surface area contributed by atoms with E-state index in [4.69, 9.17) is 16.3 Å². The van der Waals surface area contributed by atoms with Crippen molar-refractivity contribution in [3.63, 3.8) is 0 Å². The molecule has 0 bridgehead atoms. The van der Waals surface area contributed by atoms with Crippen LogP contribution in [0.15, 0.2) is 24.3 Å². The van der Waals surface area contributed by atoms with Crippen molar-refractivity contribution in [2.45, 2.75) is 31.8 Å². The maximum absolute atomic E-state index is 14.8.